The molecule has 1 saturated heterocycles. The Morgan fingerprint density at radius 2 is 2.05 bits per heavy atom. The molecular formula is C29H31ClFN3O3. The summed E-state index contributed by atoms with van der Waals surface area (Å²) in [6, 6.07) is 10.7. The van der Waals surface area contributed by atoms with Crippen LogP contribution in [-0.4, -0.2) is 47.7 Å². The van der Waals surface area contributed by atoms with Crippen molar-refractivity contribution in [3.63, 3.8) is 0 Å². The molecule has 1 fully saturated rings. The van der Waals surface area contributed by atoms with Crippen LogP contribution in [0, 0.1) is 30.0 Å². The van der Waals surface area contributed by atoms with Gasteiger partial charge in [0.2, 0.25) is 5.91 Å². The van der Waals surface area contributed by atoms with E-state index in [1.165, 1.54) is 6.07 Å². The summed E-state index contributed by atoms with van der Waals surface area (Å²) in [6.07, 6.45) is 4.89. The van der Waals surface area contributed by atoms with E-state index in [-0.39, 0.29) is 11.7 Å². The number of fused-ring (bicyclic) bond motifs is 1. The fourth-order valence-corrected chi connectivity index (χ4v) is 5.20. The van der Waals surface area contributed by atoms with Gasteiger partial charge in [-0.05, 0) is 80.5 Å². The quantitative estimate of drug-likeness (QED) is 0.249. The number of carbonyl (C=O) groups excluding carboxylic acids is 1. The molecule has 1 aromatic heterocycles. The highest BCUT2D eigenvalue weighted by atomic mass is 35.5. The van der Waals surface area contributed by atoms with E-state index in [2.05, 4.69) is 21.7 Å². The molecule has 0 unspecified atom stereocenters. The van der Waals surface area contributed by atoms with E-state index >= 15 is 0 Å². The molecule has 0 atom stereocenters. The number of hydroxylamine groups is 1. The van der Waals surface area contributed by atoms with Crippen LogP contribution in [-0.2, 0) is 11.2 Å². The number of hydrogen-bond donors (Lipinski definition) is 2. The Morgan fingerprint density at radius 3 is 2.76 bits per heavy atom. The van der Waals surface area contributed by atoms with Gasteiger partial charge in [-0.25, -0.2) is 9.87 Å². The molecule has 0 radical (unpaired) electrons. The maximum atomic E-state index is 13.7. The molecule has 0 spiro atoms. The van der Waals surface area contributed by atoms with Gasteiger partial charge in [-0.1, -0.05) is 29.5 Å². The number of aromatic nitrogens is 1. The molecule has 8 heteroatoms. The zero-order valence-corrected chi connectivity index (χ0v) is 21.9. The summed E-state index contributed by atoms with van der Waals surface area (Å²) in [7, 11) is 1.62. The SMILES string of the molecule is COc1ccc2ncc(Cl)c(CCCC3(C(=O)NO)CCN(CC#Cc4ccc(C)c(F)c4)CC3)c2c1. The molecule has 2 N–H and O–H groups in total. The zero-order valence-electron chi connectivity index (χ0n) is 21.1. The summed E-state index contributed by atoms with van der Waals surface area (Å²) >= 11 is 6.51. The van der Waals surface area contributed by atoms with Crippen molar-refractivity contribution in [1.29, 1.82) is 0 Å². The van der Waals surface area contributed by atoms with E-state index in [9.17, 15) is 14.4 Å². The minimum absolute atomic E-state index is 0.259. The van der Waals surface area contributed by atoms with E-state index < -0.39 is 5.41 Å². The Labute approximate surface area is 221 Å². The number of benzene rings is 2. The number of nitrogens with zero attached hydrogens (tertiary/aromatic N) is 2. The lowest BCUT2D eigenvalue weighted by atomic mass is 9.73. The molecule has 2 heterocycles. The summed E-state index contributed by atoms with van der Waals surface area (Å²) in [4.78, 5) is 19.4. The van der Waals surface area contributed by atoms with Crippen LogP contribution in [0.25, 0.3) is 10.9 Å². The standard InChI is InChI=1S/C29H31ClFN3O3/c1-20-7-8-21(17-26(20)31)5-4-14-34-15-12-29(13-16-34,28(35)33-36)11-3-6-23-24-18-22(37-2)9-10-27(24)32-19-25(23)30/h7-10,17-19,36H,3,6,11-16H2,1-2H3,(H,33,35). The van der Waals surface area contributed by atoms with Crippen molar-refractivity contribution in [2.75, 3.05) is 26.7 Å². The lowest BCUT2D eigenvalue weighted by Gasteiger charge is -2.39. The van der Waals surface area contributed by atoms with Gasteiger partial charge in [-0.3, -0.25) is 19.9 Å². The normalized spacial score (nSPS) is 15.2. The third-order valence-electron chi connectivity index (χ3n) is 7.32. The predicted octanol–water partition coefficient (Wildman–Crippen LogP) is 5.31. The predicted molar refractivity (Wildman–Crippen MR) is 142 cm³/mol. The minimum atomic E-state index is -0.661. The Morgan fingerprint density at radius 1 is 1.27 bits per heavy atom. The Kier molecular flexibility index (Phi) is 8.65. The van der Waals surface area contributed by atoms with Crippen molar-refractivity contribution in [1.82, 2.24) is 15.4 Å². The van der Waals surface area contributed by atoms with Gasteiger partial charge in [0.15, 0.2) is 0 Å². The number of pyridine rings is 1. The third kappa shape index (κ3) is 6.22. The monoisotopic (exact) mass is 523 g/mol. The fraction of sp³-hybridized carbons (Fsp3) is 0.379. The van der Waals surface area contributed by atoms with Gasteiger partial charge in [-0.2, -0.15) is 0 Å². The summed E-state index contributed by atoms with van der Waals surface area (Å²) in [5, 5.41) is 11.0. The number of nitrogens with one attached hydrogen (secondary N) is 1. The van der Waals surface area contributed by atoms with Crippen molar-refractivity contribution in [2.45, 2.75) is 39.0 Å². The van der Waals surface area contributed by atoms with E-state index in [1.54, 1.807) is 26.3 Å². The highest BCUT2D eigenvalue weighted by Crippen LogP contribution is 2.38. The maximum absolute atomic E-state index is 13.7. The first-order chi connectivity index (χ1) is 17.8. The minimum Gasteiger partial charge on any atom is -0.497 e. The van der Waals surface area contributed by atoms with Gasteiger partial charge in [0.1, 0.15) is 11.6 Å². The fourth-order valence-electron chi connectivity index (χ4n) is 4.96. The average Bonchev–Trinajstić information content (AvgIpc) is 2.92. The second kappa shape index (κ2) is 11.9. The lowest BCUT2D eigenvalue weighted by Crippen LogP contribution is -2.48. The molecule has 37 heavy (non-hydrogen) atoms. The summed E-state index contributed by atoms with van der Waals surface area (Å²) in [5.41, 5.74) is 4.29. The van der Waals surface area contributed by atoms with Crippen molar-refractivity contribution in [3.05, 3.63) is 70.1 Å². The second-order valence-electron chi connectivity index (χ2n) is 9.58. The lowest BCUT2D eigenvalue weighted by molar-refractivity contribution is -0.143. The number of hydrogen-bond acceptors (Lipinski definition) is 5. The van der Waals surface area contributed by atoms with Crippen LogP contribution < -0.4 is 10.2 Å². The summed E-state index contributed by atoms with van der Waals surface area (Å²) in [6.45, 7) is 3.62. The van der Waals surface area contributed by atoms with Crippen LogP contribution in [0.1, 0.15) is 42.4 Å². The molecule has 0 saturated carbocycles. The van der Waals surface area contributed by atoms with E-state index in [1.807, 2.05) is 29.7 Å². The second-order valence-corrected chi connectivity index (χ2v) is 9.99. The number of carbonyl (C=O) groups is 1. The van der Waals surface area contributed by atoms with Crippen LogP contribution in [0.4, 0.5) is 4.39 Å². The molecule has 4 rings (SSSR count). The molecule has 0 bridgehead atoms. The molecule has 1 aliphatic heterocycles. The van der Waals surface area contributed by atoms with Crippen LogP contribution in [0.3, 0.4) is 0 Å². The number of halogens is 2. The number of amides is 1. The van der Waals surface area contributed by atoms with Crippen LogP contribution >= 0.6 is 11.6 Å². The zero-order chi connectivity index (χ0) is 26.4. The Bertz CT molecular complexity index is 1340. The number of ether oxygens (including phenoxy) is 1. The van der Waals surface area contributed by atoms with Crippen LogP contribution in [0.15, 0.2) is 42.6 Å². The first kappa shape index (κ1) is 26.9. The van der Waals surface area contributed by atoms with Crippen molar-refractivity contribution in [3.8, 4) is 17.6 Å². The largest absolute Gasteiger partial charge is 0.497 e. The van der Waals surface area contributed by atoms with E-state index in [4.69, 9.17) is 16.3 Å². The Hall–Kier alpha value is -3.18. The van der Waals surface area contributed by atoms with Gasteiger partial charge in [-0.15, -0.1) is 0 Å². The number of piperidine rings is 1. The van der Waals surface area contributed by atoms with Crippen molar-refractivity contribution >= 4 is 28.4 Å². The molecular weight excluding hydrogens is 493 g/mol. The van der Waals surface area contributed by atoms with Gasteiger partial charge in [0, 0.05) is 30.2 Å². The average molecular weight is 524 g/mol. The topological polar surface area (TPSA) is 74.7 Å². The van der Waals surface area contributed by atoms with Gasteiger partial charge in [0.25, 0.3) is 0 Å². The Balaban J connectivity index is 1.39. The first-order valence-corrected chi connectivity index (χ1v) is 12.8. The number of rotatable bonds is 7. The number of methoxy groups -OCH3 is 1. The van der Waals surface area contributed by atoms with Gasteiger partial charge in [0.05, 0.1) is 29.6 Å². The van der Waals surface area contributed by atoms with E-state index in [0.29, 0.717) is 61.5 Å². The van der Waals surface area contributed by atoms with Gasteiger partial charge >= 0.3 is 0 Å². The highest BCUT2D eigenvalue weighted by molar-refractivity contribution is 6.32. The van der Waals surface area contributed by atoms with E-state index in [0.717, 1.165) is 28.6 Å². The maximum Gasteiger partial charge on any atom is 0.249 e. The molecule has 6 nitrogen and oxygen atoms in total. The molecule has 1 aliphatic rings. The van der Waals surface area contributed by atoms with Crippen molar-refractivity contribution in [2.24, 2.45) is 5.41 Å². The molecule has 1 amide bonds. The summed E-state index contributed by atoms with van der Waals surface area (Å²) < 4.78 is 19.1. The third-order valence-corrected chi connectivity index (χ3v) is 7.65. The smallest absolute Gasteiger partial charge is 0.249 e. The molecule has 0 aliphatic carbocycles. The molecule has 194 valence electrons. The highest BCUT2D eigenvalue weighted by Gasteiger charge is 2.40. The van der Waals surface area contributed by atoms with Crippen LogP contribution in [0.5, 0.6) is 5.75 Å². The molecule has 2 aromatic carbocycles. The van der Waals surface area contributed by atoms with Crippen LogP contribution in [0.2, 0.25) is 5.02 Å². The van der Waals surface area contributed by atoms with Crippen molar-refractivity contribution < 1.29 is 19.1 Å². The van der Waals surface area contributed by atoms with Gasteiger partial charge < -0.3 is 4.74 Å². The first-order valence-electron chi connectivity index (χ1n) is 12.4. The summed E-state index contributed by atoms with van der Waals surface area (Å²) in [5.74, 6) is 6.26. The number of likely N-dealkylation sites (tertiary alicyclic amines) is 1. The molecule has 3 aromatic rings. The number of aryl methyl sites for hydroxylation is 2.